The van der Waals surface area contributed by atoms with E-state index in [1.54, 1.807) is 0 Å². The molecule has 0 aliphatic heterocycles. The molecule has 1 aliphatic carbocycles. The Hall–Kier alpha value is -2.39. The summed E-state index contributed by atoms with van der Waals surface area (Å²) >= 11 is 0. The van der Waals surface area contributed by atoms with E-state index in [1.165, 1.54) is 0 Å². The normalized spacial score (nSPS) is 19.4. The summed E-state index contributed by atoms with van der Waals surface area (Å²) in [7, 11) is 0. The van der Waals surface area contributed by atoms with Crippen LogP contribution in [0.4, 0.5) is 0 Å². The summed E-state index contributed by atoms with van der Waals surface area (Å²) in [6.45, 7) is 8.25. The molecular formula is C25H31NO2. The molecule has 2 aromatic carbocycles. The Balaban J connectivity index is 1.97. The van der Waals surface area contributed by atoms with Gasteiger partial charge in [0.05, 0.1) is 6.10 Å². The molecule has 3 nitrogen and oxygen atoms in total. The number of benzene rings is 2. The highest BCUT2D eigenvalue weighted by Crippen LogP contribution is 2.40. The Labute approximate surface area is 168 Å². The molecule has 0 radical (unpaired) electrons. The summed E-state index contributed by atoms with van der Waals surface area (Å²) in [6, 6.07) is 19.7. The van der Waals surface area contributed by atoms with Crippen molar-refractivity contribution >= 4 is 5.78 Å². The molecule has 0 unspecified atom stereocenters. The van der Waals surface area contributed by atoms with Crippen LogP contribution in [0.1, 0.15) is 62.5 Å². The third-order valence-corrected chi connectivity index (χ3v) is 5.65. The van der Waals surface area contributed by atoms with Crippen molar-refractivity contribution in [2.75, 3.05) is 0 Å². The Morgan fingerprint density at radius 3 is 2.18 bits per heavy atom. The standard InChI is InChI=1S/C25H31NO2/c1-17(18-11-7-5-8-12-18)26-22-20(23(27)19-13-9-6-10-14-19)15-16-21(22)24(28)25(2,3)4/h5-14,17,21,24,26,28H,15-16H2,1-4H3/t17-,21+,24+/m1/s1. The number of aliphatic hydroxyl groups excluding tert-OH is 1. The lowest BCUT2D eigenvalue weighted by atomic mass is 9.79. The lowest BCUT2D eigenvalue weighted by Gasteiger charge is -2.34. The van der Waals surface area contributed by atoms with Crippen LogP contribution < -0.4 is 5.32 Å². The second kappa shape index (κ2) is 8.32. The van der Waals surface area contributed by atoms with Crippen LogP contribution >= 0.6 is 0 Å². The predicted molar refractivity (Wildman–Crippen MR) is 114 cm³/mol. The number of allylic oxidation sites excluding steroid dienone is 1. The Morgan fingerprint density at radius 1 is 1.04 bits per heavy atom. The number of nitrogens with one attached hydrogen (secondary N) is 1. The predicted octanol–water partition coefficient (Wildman–Crippen LogP) is 5.29. The lowest BCUT2D eigenvalue weighted by molar-refractivity contribution is 0.0222. The maximum Gasteiger partial charge on any atom is 0.190 e. The lowest BCUT2D eigenvalue weighted by Crippen LogP contribution is -2.37. The maximum absolute atomic E-state index is 13.2. The van der Waals surface area contributed by atoms with Gasteiger partial charge in [0, 0.05) is 28.8 Å². The number of carbonyl (C=O) groups is 1. The average molecular weight is 378 g/mol. The van der Waals surface area contributed by atoms with Gasteiger partial charge in [-0.1, -0.05) is 81.4 Å². The van der Waals surface area contributed by atoms with Gasteiger partial charge >= 0.3 is 0 Å². The van der Waals surface area contributed by atoms with Crippen LogP contribution in [0.25, 0.3) is 0 Å². The van der Waals surface area contributed by atoms with Crippen molar-refractivity contribution < 1.29 is 9.90 Å². The first-order valence-corrected chi connectivity index (χ1v) is 10.1. The van der Waals surface area contributed by atoms with Gasteiger partial charge in [0.15, 0.2) is 5.78 Å². The Bertz CT molecular complexity index is 834. The highest BCUT2D eigenvalue weighted by Gasteiger charge is 2.39. The molecule has 1 aliphatic rings. The quantitative estimate of drug-likeness (QED) is 0.672. The zero-order valence-electron chi connectivity index (χ0n) is 17.3. The molecule has 2 N–H and O–H groups in total. The molecule has 0 spiro atoms. The van der Waals surface area contributed by atoms with Crippen LogP contribution in [0.5, 0.6) is 0 Å². The molecule has 148 valence electrons. The van der Waals surface area contributed by atoms with E-state index in [2.05, 4.69) is 24.4 Å². The summed E-state index contributed by atoms with van der Waals surface area (Å²) < 4.78 is 0. The molecule has 0 aromatic heterocycles. The number of Topliss-reactive ketones (excluding diaryl/α,β-unsaturated/α-hetero) is 1. The Morgan fingerprint density at radius 2 is 1.61 bits per heavy atom. The molecule has 0 amide bonds. The minimum Gasteiger partial charge on any atom is -0.392 e. The molecule has 0 heterocycles. The molecule has 0 saturated carbocycles. The van der Waals surface area contributed by atoms with E-state index in [0.717, 1.165) is 23.3 Å². The van der Waals surface area contributed by atoms with Gasteiger partial charge in [0.1, 0.15) is 0 Å². The van der Waals surface area contributed by atoms with Gasteiger partial charge in [-0.2, -0.15) is 0 Å². The minimum atomic E-state index is -0.515. The van der Waals surface area contributed by atoms with E-state index in [0.29, 0.717) is 12.0 Å². The molecule has 3 rings (SSSR count). The summed E-state index contributed by atoms with van der Waals surface area (Å²) in [6.07, 6.45) is 0.963. The van der Waals surface area contributed by atoms with Crippen LogP contribution in [0.2, 0.25) is 0 Å². The molecule has 2 aromatic rings. The fraction of sp³-hybridized carbons (Fsp3) is 0.400. The van der Waals surface area contributed by atoms with E-state index in [4.69, 9.17) is 0 Å². The van der Waals surface area contributed by atoms with Crippen LogP contribution in [0.3, 0.4) is 0 Å². The molecule has 3 atom stereocenters. The minimum absolute atomic E-state index is 0.0579. The van der Waals surface area contributed by atoms with E-state index in [9.17, 15) is 9.90 Å². The summed E-state index contributed by atoms with van der Waals surface area (Å²) in [5.74, 6) is 0.000736. The molecule has 0 bridgehead atoms. The van der Waals surface area contributed by atoms with Crippen LogP contribution in [0, 0.1) is 11.3 Å². The van der Waals surface area contributed by atoms with Crippen molar-refractivity contribution in [3.05, 3.63) is 83.1 Å². The smallest absolute Gasteiger partial charge is 0.190 e. The fourth-order valence-corrected chi connectivity index (χ4v) is 3.97. The first-order valence-electron chi connectivity index (χ1n) is 10.1. The maximum atomic E-state index is 13.2. The second-order valence-electron chi connectivity index (χ2n) is 8.82. The highest BCUT2D eigenvalue weighted by molar-refractivity contribution is 6.09. The first kappa shape index (κ1) is 20.3. The summed E-state index contributed by atoms with van der Waals surface area (Å²) in [4.78, 5) is 13.2. The number of carbonyl (C=O) groups excluding carboxylic acids is 1. The molecule has 0 saturated heterocycles. The van der Waals surface area contributed by atoms with Gasteiger partial charge in [-0.15, -0.1) is 0 Å². The van der Waals surface area contributed by atoms with E-state index in [1.807, 2.05) is 69.3 Å². The van der Waals surface area contributed by atoms with E-state index < -0.39 is 6.10 Å². The zero-order valence-corrected chi connectivity index (χ0v) is 17.3. The van der Waals surface area contributed by atoms with Gasteiger partial charge in [0.25, 0.3) is 0 Å². The summed E-state index contributed by atoms with van der Waals surface area (Å²) in [5.41, 5.74) is 3.33. The number of hydrogen-bond acceptors (Lipinski definition) is 3. The highest BCUT2D eigenvalue weighted by atomic mass is 16.3. The summed E-state index contributed by atoms with van der Waals surface area (Å²) in [5, 5.41) is 14.6. The third-order valence-electron chi connectivity index (χ3n) is 5.65. The third kappa shape index (κ3) is 4.36. The molecular weight excluding hydrogens is 346 g/mol. The zero-order chi connectivity index (χ0) is 20.3. The number of hydrogen-bond donors (Lipinski definition) is 2. The Kier molecular flexibility index (Phi) is 6.04. The number of rotatable bonds is 6. The second-order valence-corrected chi connectivity index (χ2v) is 8.82. The SMILES string of the molecule is C[C@@H](NC1=C(C(=O)c2ccccc2)CC[C@@H]1[C@H](O)C(C)(C)C)c1ccccc1. The fourth-order valence-electron chi connectivity index (χ4n) is 3.97. The van der Waals surface area contributed by atoms with Gasteiger partial charge in [-0.3, -0.25) is 4.79 Å². The van der Waals surface area contributed by atoms with Crippen molar-refractivity contribution in [1.82, 2.24) is 5.32 Å². The monoisotopic (exact) mass is 377 g/mol. The number of ketones is 1. The van der Waals surface area contributed by atoms with Crippen LogP contribution in [-0.2, 0) is 0 Å². The average Bonchev–Trinajstić information content (AvgIpc) is 3.10. The molecule has 3 heteroatoms. The molecule has 28 heavy (non-hydrogen) atoms. The van der Waals surface area contributed by atoms with Gasteiger partial charge < -0.3 is 10.4 Å². The van der Waals surface area contributed by atoms with Crippen LogP contribution in [0.15, 0.2) is 71.9 Å². The first-order chi connectivity index (χ1) is 13.3. The van der Waals surface area contributed by atoms with Crippen molar-refractivity contribution in [3.63, 3.8) is 0 Å². The largest absolute Gasteiger partial charge is 0.392 e. The van der Waals surface area contributed by atoms with E-state index in [-0.39, 0.29) is 23.2 Å². The van der Waals surface area contributed by atoms with Gasteiger partial charge in [-0.25, -0.2) is 0 Å². The molecule has 0 fully saturated rings. The van der Waals surface area contributed by atoms with E-state index >= 15 is 0 Å². The van der Waals surface area contributed by atoms with Gasteiger partial charge in [-0.05, 0) is 30.7 Å². The van der Waals surface area contributed by atoms with Gasteiger partial charge in [0.2, 0.25) is 0 Å². The number of aliphatic hydroxyl groups is 1. The van der Waals surface area contributed by atoms with Crippen molar-refractivity contribution in [3.8, 4) is 0 Å². The van der Waals surface area contributed by atoms with Crippen molar-refractivity contribution in [1.29, 1.82) is 0 Å². The van der Waals surface area contributed by atoms with Crippen molar-refractivity contribution in [2.24, 2.45) is 11.3 Å². The topological polar surface area (TPSA) is 49.3 Å². The van der Waals surface area contributed by atoms with Crippen LogP contribution in [-0.4, -0.2) is 17.0 Å². The van der Waals surface area contributed by atoms with Crippen molar-refractivity contribution in [2.45, 2.75) is 52.7 Å².